The van der Waals surface area contributed by atoms with Crippen LogP contribution in [0.2, 0.25) is 0 Å². The molecule has 0 amide bonds. The molecule has 186 valence electrons. The zero-order valence-electron chi connectivity index (χ0n) is 20.7. The van der Waals surface area contributed by atoms with Crippen LogP contribution < -0.4 is 15.2 Å². The van der Waals surface area contributed by atoms with E-state index in [0.717, 1.165) is 28.0 Å². The molecule has 37 heavy (non-hydrogen) atoms. The Balaban J connectivity index is 1.37. The summed E-state index contributed by atoms with van der Waals surface area (Å²) in [5.41, 5.74) is 11.0. The first-order valence-corrected chi connectivity index (χ1v) is 12.2. The van der Waals surface area contributed by atoms with Crippen LogP contribution in [0.25, 0.3) is 11.1 Å². The summed E-state index contributed by atoms with van der Waals surface area (Å²) in [6.45, 7) is 0. The van der Waals surface area contributed by atoms with Crippen molar-refractivity contribution >= 4 is 23.4 Å². The molecule has 1 aromatic heterocycles. The number of Topliss-reactive ketones (excluding diaryl/α,β-unsaturated/α-hetero) is 1. The number of anilines is 1. The second-order valence-electron chi connectivity index (χ2n) is 9.41. The Morgan fingerprint density at radius 1 is 0.865 bits per heavy atom. The Kier molecular flexibility index (Phi) is 5.71. The minimum atomic E-state index is -0.424. The van der Waals surface area contributed by atoms with Gasteiger partial charge in [-0.1, -0.05) is 60.7 Å². The molecule has 0 radical (unpaired) electrons. The molecule has 3 atom stereocenters. The number of hydrogen-bond donors (Lipinski definition) is 1. The summed E-state index contributed by atoms with van der Waals surface area (Å²) >= 11 is 0. The fourth-order valence-corrected chi connectivity index (χ4v) is 5.52. The van der Waals surface area contributed by atoms with E-state index in [9.17, 15) is 4.79 Å². The number of hydrogen-bond acceptors (Lipinski definition) is 7. The minimum Gasteiger partial charge on any atom is -0.493 e. The van der Waals surface area contributed by atoms with Crippen molar-refractivity contribution in [1.29, 1.82) is 0 Å². The van der Waals surface area contributed by atoms with Crippen LogP contribution in [-0.2, 0) is 4.79 Å². The third-order valence-electron chi connectivity index (χ3n) is 7.30. The fraction of sp³-hybridized carbons (Fsp3) is 0.241. The summed E-state index contributed by atoms with van der Waals surface area (Å²) in [7, 11) is 3.22. The average Bonchev–Trinajstić information content (AvgIpc) is 3.31. The van der Waals surface area contributed by atoms with Gasteiger partial charge in [0.2, 0.25) is 11.9 Å². The van der Waals surface area contributed by atoms with E-state index in [1.165, 1.54) is 0 Å². The molecule has 2 N–H and O–H groups in total. The highest BCUT2D eigenvalue weighted by molar-refractivity contribution is 6.10. The number of benzene rings is 3. The molecule has 2 aliphatic rings. The maximum Gasteiger partial charge on any atom is 0.250 e. The van der Waals surface area contributed by atoms with Gasteiger partial charge in [0.1, 0.15) is 5.78 Å². The summed E-state index contributed by atoms with van der Waals surface area (Å²) < 4.78 is 12.6. The molecule has 8 nitrogen and oxygen atoms in total. The number of nitrogens with zero attached hydrogens (tertiary/aromatic N) is 4. The Hall–Kier alpha value is -4.46. The lowest BCUT2D eigenvalue weighted by molar-refractivity contribution is -0.122. The van der Waals surface area contributed by atoms with Gasteiger partial charge < -0.3 is 15.2 Å². The summed E-state index contributed by atoms with van der Waals surface area (Å²) in [4.78, 5) is 22.9. The van der Waals surface area contributed by atoms with Crippen molar-refractivity contribution in [1.82, 2.24) is 14.8 Å². The zero-order chi connectivity index (χ0) is 25.5. The van der Waals surface area contributed by atoms with Gasteiger partial charge in [0.25, 0.3) is 0 Å². The second-order valence-corrected chi connectivity index (χ2v) is 9.41. The molecule has 4 aromatic rings. The van der Waals surface area contributed by atoms with E-state index in [0.29, 0.717) is 30.3 Å². The van der Waals surface area contributed by atoms with Crippen LogP contribution in [-0.4, -0.2) is 40.5 Å². The van der Waals surface area contributed by atoms with Gasteiger partial charge in [0.05, 0.1) is 26.2 Å². The maximum atomic E-state index is 13.7. The van der Waals surface area contributed by atoms with Crippen LogP contribution in [0.1, 0.15) is 35.9 Å². The van der Waals surface area contributed by atoms with Crippen molar-refractivity contribution in [2.24, 2.45) is 10.9 Å². The Morgan fingerprint density at radius 2 is 1.57 bits per heavy atom. The highest BCUT2D eigenvalue weighted by atomic mass is 16.5. The number of aromatic nitrogens is 3. The first-order valence-electron chi connectivity index (χ1n) is 12.2. The number of carbonyl (C=O) groups excluding carboxylic acids is 1. The topological polar surface area (TPSA) is 105 Å². The highest BCUT2D eigenvalue weighted by Gasteiger charge is 2.44. The molecule has 2 heterocycles. The van der Waals surface area contributed by atoms with Crippen molar-refractivity contribution in [3.8, 4) is 22.6 Å². The molecule has 0 saturated heterocycles. The zero-order valence-corrected chi connectivity index (χ0v) is 20.7. The van der Waals surface area contributed by atoms with Gasteiger partial charge in [-0.25, -0.2) is 9.67 Å². The normalized spacial score (nSPS) is 20.5. The summed E-state index contributed by atoms with van der Waals surface area (Å²) in [6, 6.07) is 23.9. The monoisotopic (exact) mass is 493 g/mol. The van der Waals surface area contributed by atoms with E-state index in [4.69, 9.17) is 20.2 Å². The number of rotatable bonds is 5. The molecule has 0 spiro atoms. The third kappa shape index (κ3) is 4.04. The smallest absolute Gasteiger partial charge is 0.250 e. The Labute approximate surface area is 214 Å². The van der Waals surface area contributed by atoms with Crippen molar-refractivity contribution in [3.63, 3.8) is 0 Å². The molecule has 1 fully saturated rings. The van der Waals surface area contributed by atoms with Gasteiger partial charge in [-0.2, -0.15) is 4.98 Å². The number of nitrogen functional groups attached to an aromatic ring is 1. The Bertz CT molecular complexity index is 1490. The predicted molar refractivity (Wildman–Crippen MR) is 142 cm³/mol. The van der Waals surface area contributed by atoms with Crippen LogP contribution in [0, 0.1) is 5.92 Å². The second kappa shape index (κ2) is 9.20. The summed E-state index contributed by atoms with van der Waals surface area (Å²) in [6.07, 6.45) is 1.04. The van der Waals surface area contributed by atoms with Crippen molar-refractivity contribution < 1.29 is 14.3 Å². The van der Waals surface area contributed by atoms with Gasteiger partial charge in [-0.3, -0.25) is 4.79 Å². The summed E-state index contributed by atoms with van der Waals surface area (Å²) in [5.74, 6) is 1.56. The van der Waals surface area contributed by atoms with Crippen molar-refractivity contribution in [3.05, 3.63) is 83.9 Å². The van der Waals surface area contributed by atoms with E-state index < -0.39 is 5.92 Å². The number of fused-ring (bicyclic) bond motifs is 2. The molecule has 3 aromatic carbocycles. The van der Waals surface area contributed by atoms with E-state index in [1.807, 2.05) is 36.4 Å². The van der Waals surface area contributed by atoms with Crippen LogP contribution in [0.3, 0.4) is 0 Å². The number of ether oxygens (including phenoxy) is 2. The lowest BCUT2D eigenvalue weighted by Crippen LogP contribution is -2.41. The van der Waals surface area contributed by atoms with Gasteiger partial charge in [0, 0.05) is 12.1 Å². The first kappa shape index (κ1) is 23.0. The number of carbonyl (C=O) groups is 1. The molecule has 8 heteroatoms. The largest absolute Gasteiger partial charge is 0.493 e. The standard InChI is InChI=1S/C29H27N5O3/c1-36-24-13-12-20(16-25(24)37-2)21-14-22-26(23(35)15-21)27(34-29(31-22)32-28(30)33-34)19-10-8-18(9-11-19)17-6-4-3-5-7-17/h3-13,16,21,26-27H,14-15H2,1-2H3,(H2,30,33). The molecule has 1 saturated carbocycles. The molecule has 3 unspecified atom stereocenters. The predicted octanol–water partition coefficient (Wildman–Crippen LogP) is 4.98. The molecule has 0 bridgehead atoms. The number of methoxy groups -OCH3 is 2. The average molecular weight is 494 g/mol. The number of aliphatic imine (C=N–C) groups is 1. The molecule has 6 rings (SSSR count). The van der Waals surface area contributed by atoms with Crippen LogP contribution in [0.15, 0.2) is 77.8 Å². The maximum absolute atomic E-state index is 13.7. The van der Waals surface area contributed by atoms with Crippen LogP contribution in [0.5, 0.6) is 11.5 Å². The fourth-order valence-electron chi connectivity index (χ4n) is 5.52. The summed E-state index contributed by atoms with van der Waals surface area (Å²) in [5, 5.41) is 4.43. The molecule has 1 aliphatic carbocycles. The van der Waals surface area contributed by atoms with Crippen LogP contribution in [0.4, 0.5) is 11.9 Å². The Morgan fingerprint density at radius 3 is 2.30 bits per heavy atom. The lowest BCUT2D eigenvalue weighted by Gasteiger charge is -2.37. The first-order chi connectivity index (χ1) is 18.1. The van der Waals surface area contributed by atoms with Gasteiger partial charge in [-0.15, -0.1) is 5.10 Å². The SMILES string of the molecule is COc1ccc(C2CC(=O)C3C(=Nc4nc(N)nn4C3c3ccc(-c4ccccc4)cc3)C2)cc1OC. The van der Waals surface area contributed by atoms with E-state index >= 15 is 0 Å². The van der Waals surface area contributed by atoms with Crippen molar-refractivity contribution in [2.75, 3.05) is 20.0 Å². The minimum absolute atomic E-state index is 0.0183. The van der Waals surface area contributed by atoms with Gasteiger partial charge >= 0.3 is 0 Å². The van der Waals surface area contributed by atoms with E-state index in [-0.39, 0.29) is 23.7 Å². The quantitative estimate of drug-likeness (QED) is 0.420. The number of ketones is 1. The van der Waals surface area contributed by atoms with E-state index in [2.05, 4.69) is 46.5 Å². The van der Waals surface area contributed by atoms with Gasteiger partial charge in [0.15, 0.2) is 11.5 Å². The van der Waals surface area contributed by atoms with Crippen molar-refractivity contribution in [2.45, 2.75) is 24.8 Å². The lowest BCUT2D eigenvalue weighted by atomic mass is 9.71. The highest BCUT2D eigenvalue weighted by Crippen LogP contribution is 2.45. The third-order valence-corrected chi connectivity index (χ3v) is 7.30. The van der Waals surface area contributed by atoms with Crippen LogP contribution >= 0.6 is 0 Å². The molecule has 1 aliphatic heterocycles. The molecular formula is C29H27N5O3. The molecular weight excluding hydrogens is 466 g/mol. The number of nitrogens with two attached hydrogens (primary N) is 1. The van der Waals surface area contributed by atoms with E-state index in [1.54, 1.807) is 18.9 Å². The van der Waals surface area contributed by atoms with Gasteiger partial charge in [-0.05, 0) is 46.7 Å².